The zero-order valence-electron chi connectivity index (χ0n) is 19.2. The van der Waals surface area contributed by atoms with Gasteiger partial charge in [0.25, 0.3) is 0 Å². The molecule has 0 radical (unpaired) electrons. The van der Waals surface area contributed by atoms with E-state index in [1.165, 1.54) is 29.5 Å². The lowest BCUT2D eigenvalue weighted by Gasteiger charge is -2.37. The Morgan fingerprint density at radius 2 is 1.33 bits per heavy atom. The molecule has 0 aromatic heterocycles. The van der Waals surface area contributed by atoms with Crippen LogP contribution >= 0.6 is 12.4 Å². The van der Waals surface area contributed by atoms with Gasteiger partial charge in [-0.15, -0.1) is 12.4 Å². The average molecular weight is 463 g/mol. The molecule has 174 valence electrons. The third-order valence-corrected chi connectivity index (χ3v) is 7.08. The van der Waals surface area contributed by atoms with Crippen molar-refractivity contribution in [1.29, 1.82) is 0 Å². The van der Waals surface area contributed by atoms with Gasteiger partial charge in [0.1, 0.15) is 0 Å². The Balaban J connectivity index is 0.00000306. The lowest BCUT2D eigenvalue weighted by atomic mass is 9.71. The molecule has 0 spiro atoms. The number of nitrogens with zero attached hydrogens (tertiary/aromatic N) is 1. The monoisotopic (exact) mass is 462 g/mol. The van der Waals surface area contributed by atoms with Crippen LogP contribution in [0.15, 0.2) is 91.0 Å². The minimum absolute atomic E-state index is 0. The molecule has 1 heterocycles. The number of nitrogens with one attached hydrogen (secondary N) is 1. The summed E-state index contributed by atoms with van der Waals surface area (Å²) in [4.78, 5) is 13.9. The number of carbonyl (C=O) groups excluding carboxylic acids is 1. The molecule has 0 atom stereocenters. The van der Waals surface area contributed by atoms with Gasteiger partial charge in [-0.05, 0) is 67.9 Å². The van der Waals surface area contributed by atoms with Crippen LogP contribution in [-0.2, 0) is 10.2 Å². The van der Waals surface area contributed by atoms with Crippen LogP contribution in [0.5, 0.6) is 0 Å². The molecule has 1 aliphatic rings. The number of amides is 1. The van der Waals surface area contributed by atoms with Crippen molar-refractivity contribution in [3.05, 3.63) is 108 Å². The zero-order chi connectivity index (χ0) is 22.1. The molecule has 0 bridgehead atoms. The van der Waals surface area contributed by atoms with Gasteiger partial charge in [-0.25, -0.2) is 0 Å². The second kappa shape index (κ2) is 12.6. The Morgan fingerprint density at radius 3 is 1.85 bits per heavy atom. The molecule has 3 aromatic rings. The number of piperidine rings is 1. The number of halogens is 1. The van der Waals surface area contributed by atoms with Crippen LogP contribution in [0.1, 0.15) is 48.3 Å². The molecule has 3 nitrogen and oxygen atoms in total. The van der Waals surface area contributed by atoms with Crippen LogP contribution in [0.25, 0.3) is 0 Å². The maximum atomic E-state index is 11.3. The van der Waals surface area contributed by atoms with E-state index in [9.17, 15) is 4.79 Å². The van der Waals surface area contributed by atoms with E-state index in [4.69, 9.17) is 0 Å². The van der Waals surface area contributed by atoms with E-state index in [-0.39, 0.29) is 17.8 Å². The third-order valence-electron chi connectivity index (χ3n) is 7.08. The number of hydrogen-bond donors (Lipinski definition) is 1. The Morgan fingerprint density at radius 1 is 0.818 bits per heavy atom. The summed E-state index contributed by atoms with van der Waals surface area (Å²) in [5.41, 5.74) is 3.80. The molecule has 0 aliphatic carbocycles. The fourth-order valence-electron chi connectivity index (χ4n) is 5.30. The SMILES string of the molecule is Cl.O=CNCC(CCCN1CCC(c2ccccc2)CC1)(c1ccccc1)c1ccccc1. The molecule has 4 rings (SSSR count). The highest BCUT2D eigenvalue weighted by molar-refractivity contribution is 5.85. The minimum Gasteiger partial charge on any atom is -0.357 e. The van der Waals surface area contributed by atoms with Crippen LogP contribution < -0.4 is 5.32 Å². The highest BCUT2D eigenvalue weighted by atomic mass is 35.5. The summed E-state index contributed by atoms with van der Waals surface area (Å²) < 4.78 is 0. The Kier molecular flexibility index (Phi) is 9.53. The lowest BCUT2D eigenvalue weighted by Crippen LogP contribution is -2.40. The van der Waals surface area contributed by atoms with Gasteiger partial charge in [0.05, 0.1) is 0 Å². The van der Waals surface area contributed by atoms with Crippen LogP contribution in [0.4, 0.5) is 0 Å². The first kappa shape index (κ1) is 25.0. The molecular formula is C29H35ClN2O. The van der Waals surface area contributed by atoms with Crippen LogP contribution in [0.3, 0.4) is 0 Å². The van der Waals surface area contributed by atoms with Gasteiger partial charge >= 0.3 is 0 Å². The quantitative estimate of drug-likeness (QED) is 0.386. The minimum atomic E-state index is -0.216. The van der Waals surface area contributed by atoms with Crippen molar-refractivity contribution >= 4 is 18.8 Å². The smallest absolute Gasteiger partial charge is 0.207 e. The van der Waals surface area contributed by atoms with Crippen LogP contribution in [0.2, 0.25) is 0 Å². The molecule has 0 unspecified atom stereocenters. The summed E-state index contributed by atoms with van der Waals surface area (Å²) in [6.07, 6.45) is 5.40. The van der Waals surface area contributed by atoms with Gasteiger partial charge < -0.3 is 10.2 Å². The molecule has 1 saturated heterocycles. The Hall–Kier alpha value is -2.62. The first-order chi connectivity index (χ1) is 15.8. The van der Waals surface area contributed by atoms with E-state index >= 15 is 0 Å². The Bertz CT molecular complexity index is 902. The van der Waals surface area contributed by atoms with Gasteiger partial charge in [-0.1, -0.05) is 91.0 Å². The third kappa shape index (κ3) is 6.25. The summed E-state index contributed by atoms with van der Waals surface area (Å²) in [6, 6.07) is 32.3. The van der Waals surface area contributed by atoms with Crippen molar-refractivity contribution in [2.75, 3.05) is 26.2 Å². The molecule has 1 amide bonds. The van der Waals surface area contributed by atoms with Crippen LogP contribution in [-0.4, -0.2) is 37.5 Å². The molecule has 0 saturated carbocycles. The van der Waals surface area contributed by atoms with Crippen molar-refractivity contribution < 1.29 is 4.79 Å². The van der Waals surface area contributed by atoms with E-state index in [0.29, 0.717) is 12.5 Å². The molecule has 1 fully saturated rings. The average Bonchev–Trinajstić information content (AvgIpc) is 2.88. The number of rotatable bonds is 10. The van der Waals surface area contributed by atoms with Gasteiger partial charge in [0, 0.05) is 12.0 Å². The van der Waals surface area contributed by atoms with Gasteiger partial charge in [-0.2, -0.15) is 0 Å². The highest BCUT2D eigenvalue weighted by Crippen LogP contribution is 2.37. The van der Waals surface area contributed by atoms with E-state index < -0.39 is 0 Å². The summed E-state index contributed by atoms with van der Waals surface area (Å²) in [5.74, 6) is 0.692. The van der Waals surface area contributed by atoms with Crippen LogP contribution in [0, 0.1) is 0 Å². The summed E-state index contributed by atoms with van der Waals surface area (Å²) in [7, 11) is 0. The summed E-state index contributed by atoms with van der Waals surface area (Å²) in [5, 5.41) is 3.00. The zero-order valence-corrected chi connectivity index (χ0v) is 20.1. The predicted molar refractivity (Wildman–Crippen MR) is 139 cm³/mol. The van der Waals surface area contributed by atoms with Gasteiger partial charge in [0.15, 0.2) is 0 Å². The largest absolute Gasteiger partial charge is 0.357 e. The molecule has 33 heavy (non-hydrogen) atoms. The molecular weight excluding hydrogens is 428 g/mol. The summed E-state index contributed by atoms with van der Waals surface area (Å²) >= 11 is 0. The number of benzene rings is 3. The Labute approximate surface area is 204 Å². The van der Waals surface area contributed by atoms with Crippen molar-refractivity contribution in [3.8, 4) is 0 Å². The molecule has 1 aliphatic heterocycles. The fourth-order valence-corrected chi connectivity index (χ4v) is 5.30. The lowest BCUT2D eigenvalue weighted by molar-refractivity contribution is -0.109. The first-order valence-electron chi connectivity index (χ1n) is 11.9. The topological polar surface area (TPSA) is 32.3 Å². The molecule has 1 N–H and O–H groups in total. The maximum Gasteiger partial charge on any atom is 0.207 e. The van der Waals surface area contributed by atoms with E-state index in [1.54, 1.807) is 0 Å². The fraction of sp³-hybridized carbons (Fsp3) is 0.345. The van der Waals surface area contributed by atoms with E-state index in [2.05, 4.69) is 101 Å². The summed E-state index contributed by atoms with van der Waals surface area (Å²) in [6.45, 7) is 4.04. The van der Waals surface area contributed by atoms with Crippen molar-refractivity contribution in [2.45, 2.75) is 37.0 Å². The van der Waals surface area contributed by atoms with Gasteiger partial charge in [0.2, 0.25) is 6.41 Å². The molecule has 3 aromatic carbocycles. The number of likely N-dealkylation sites (tertiary alicyclic amines) is 1. The van der Waals surface area contributed by atoms with Crippen molar-refractivity contribution in [1.82, 2.24) is 10.2 Å². The van der Waals surface area contributed by atoms with Crippen molar-refractivity contribution in [3.63, 3.8) is 0 Å². The predicted octanol–water partition coefficient (Wildman–Crippen LogP) is 5.80. The van der Waals surface area contributed by atoms with Crippen molar-refractivity contribution in [2.24, 2.45) is 0 Å². The number of carbonyl (C=O) groups is 1. The number of hydrogen-bond acceptors (Lipinski definition) is 2. The normalized spacial score (nSPS) is 14.9. The molecule has 4 heteroatoms. The maximum absolute atomic E-state index is 11.3. The second-order valence-corrected chi connectivity index (χ2v) is 8.94. The second-order valence-electron chi connectivity index (χ2n) is 8.94. The highest BCUT2D eigenvalue weighted by Gasteiger charge is 2.34. The standard InChI is InChI=1S/C29H34N2O.ClH/c32-24-30-23-29(27-13-6-2-7-14-27,28-15-8-3-9-16-28)19-10-20-31-21-17-26(18-22-31)25-11-4-1-5-12-25;/h1-9,11-16,24,26H,10,17-23H2,(H,30,32);1H. The van der Waals surface area contributed by atoms with E-state index in [1.807, 2.05) is 0 Å². The van der Waals surface area contributed by atoms with E-state index in [0.717, 1.165) is 38.9 Å². The first-order valence-corrected chi connectivity index (χ1v) is 11.9. The van der Waals surface area contributed by atoms with Gasteiger partial charge in [-0.3, -0.25) is 4.79 Å².